The van der Waals surface area contributed by atoms with Gasteiger partial charge in [0.1, 0.15) is 0 Å². The lowest BCUT2D eigenvalue weighted by atomic mass is 9.87. The van der Waals surface area contributed by atoms with Crippen LogP contribution in [-0.2, 0) is 0 Å². The number of likely N-dealkylation sites (N-methyl/N-ethyl adjacent to an activating group) is 1. The summed E-state index contributed by atoms with van der Waals surface area (Å²) in [7, 11) is 2.14. The predicted octanol–water partition coefficient (Wildman–Crippen LogP) is 0.674. The summed E-state index contributed by atoms with van der Waals surface area (Å²) in [5.74, 6) is 0.618. The van der Waals surface area contributed by atoms with E-state index in [0.29, 0.717) is 12.0 Å². The molecule has 2 heteroatoms. The van der Waals surface area contributed by atoms with Crippen LogP contribution in [0, 0.1) is 5.92 Å². The largest absolute Gasteiger partial charge is 0.324 e. The molecule has 1 heterocycles. The third-order valence-corrected chi connectivity index (χ3v) is 3.19. The Morgan fingerprint density at radius 1 is 1.50 bits per heavy atom. The van der Waals surface area contributed by atoms with Crippen LogP contribution in [0.1, 0.15) is 20.8 Å². The van der Waals surface area contributed by atoms with Crippen molar-refractivity contribution in [3.8, 4) is 0 Å². The number of nitrogens with two attached hydrogens (primary N) is 1. The summed E-state index contributed by atoms with van der Waals surface area (Å²) < 4.78 is 0. The van der Waals surface area contributed by atoms with Gasteiger partial charge in [0.05, 0.1) is 0 Å². The summed E-state index contributed by atoms with van der Waals surface area (Å²) >= 11 is 0. The monoisotopic (exact) mass is 142 g/mol. The van der Waals surface area contributed by atoms with E-state index in [2.05, 4.69) is 32.7 Å². The fourth-order valence-electron chi connectivity index (χ4n) is 1.67. The molecule has 0 spiro atoms. The number of rotatable bonds is 0. The van der Waals surface area contributed by atoms with Crippen molar-refractivity contribution in [1.29, 1.82) is 0 Å². The second-order valence-electron chi connectivity index (χ2n) is 3.88. The Bertz CT molecular complexity index is 131. The van der Waals surface area contributed by atoms with Gasteiger partial charge in [-0.2, -0.15) is 0 Å². The van der Waals surface area contributed by atoms with Crippen LogP contribution in [0.2, 0.25) is 0 Å². The molecule has 2 N–H and O–H groups in total. The summed E-state index contributed by atoms with van der Waals surface area (Å²) in [6, 6.07) is 0.516. The molecule has 0 aromatic rings. The van der Waals surface area contributed by atoms with Gasteiger partial charge in [0, 0.05) is 18.1 Å². The maximum atomic E-state index is 6.11. The maximum Gasteiger partial charge on any atom is 0.0318 e. The zero-order chi connectivity index (χ0) is 7.94. The molecule has 0 radical (unpaired) electrons. The molecule has 1 saturated heterocycles. The minimum absolute atomic E-state index is 0.00868. The second-order valence-corrected chi connectivity index (χ2v) is 3.88. The topological polar surface area (TPSA) is 29.3 Å². The van der Waals surface area contributed by atoms with E-state index in [4.69, 9.17) is 5.73 Å². The van der Waals surface area contributed by atoms with E-state index in [-0.39, 0.29) is 5.54 Å². The Labute approximate surface area is 63.4 Å². The first-order valence-corrected chi connectivity index (χ1v) is 3.95. The Morgan fingerprint density at radius 3 is 2.10 bits per heavy atom. The van der Waals surface area contributed by atoms with Crippen molar-refractivity contribution in [2.75, 3.05) is 13.6 Å². The van der Waals surface area contributed by atoms with Crippen molar-refractivity contribution in [2.45, 2.75) is 32.4 Å². The molecule has 3 atom stereocenters. The van der Waals surface area contributed by atoms with Gasteiger partial charge in [-0.05, 0) is 26.8 Å². The number of likely N-dealkylation sites (tertiary alicyclic amines) is 1. The maximum absolute atomic E-state index is 6.11. The summed E-state index contributed by atoms with van der Waals surface area (Å²) in [5, 5.41) is 0. The predicted molar refractivity (Wildman–Crippen MR) is 43.8 cm³/mol. The highest BCUT2D eigenvalue weighted by molar-refractivity contribution is 5.01. The molecule has 0 aliphatic carbocycles. The van der Waals surface area contributed by atoms with Crippen molar-refractivity contribution in [3.05, 3.63) is 0 Å². The van der Waals surface area contributed by atoms with Gasteiger partial charge in [-0.1, -0.05) is 6.92 Å². The molecule has 10 heavy (non-hydrogen) atoms. The number of hydrogen-bond acceptors (Lipinski definition) is 2. The average molecular weight is 142 g/mol. The molecule has 1 aliphatic heterocycles. The summed E-state index contributed by atoms with van der Waals surface area (Å²) in [5.41, 5.74) is 6.12. The molecule has 0 aromatic carbocycles. The lowest BCUT2D eigenvalue weighted by Crippen LogP contribution is -2.49. The summed E-state index contributed by atoms with van der Waals surface area (Å²) in [4.78, 5) is 2.32. The van der Waals surface area contributed by atoms with E-state index in [9.17, 15) is 0 Å². The molecule has 0 bridgehead atoms. The van der Waals surface area contributed by atoms with Gasteiger partial charge < -0.3 is 10.6 Å². The average Bonchev–Trinajstić information content (AvgIpc) is 1.97. The van der Waals surface area contributed by atoms with Crippen molar-refractivity contribution in [2.24, 2.45) is 11.7 Å². The van der Waals surface area contributed by atoms with Crippen molar-refractivity contribution in [3.63, 3.8) is 0 Å². The highest BCUT2D eigenvalue weighted by Crippen LogP contribution is 2.29. The first kappa shape index (κ1) is 8.02. The van der Waals surface area contributed by atoms with Gasteiger partial charge in [0.2, 0.25) is 0 Å². The third kappa shape index (κ3) is 0.956. The van der Waals surface area contributed by atoms with Crippen LogP contribution < -0.4 is 5.73 Å². The van der Waals surface area contributed by atoms with Gasteiger partial charge >= 0.3 is 0 Å². The zero-order valence-electron chi connectivity index (χ0n) is 7.39. The van der Waals surface area contributed by atoms with Crippen LogP contribution >= 0.6 is 0 Å². The van der Waals surface area contributed by atoms with E-state index >= 15 is 0 Å². The quantitative estimate of drug-likeness (QED) is 0.539. The van der Waals surface area contributed by atoms with Crippen LogP contribution in [0.25, 0.3) is 0 Å². The molecule has 2 nitrogen and oxygen atoms in total. The Kier molecular flexibility index (Phi) is 1.77. The molecular weight excluding hydrogens is 124 g/mol. The normalized spacial score (nSPS) is 50.1. The van der Waals surface area contributed by atoms with Crippen LogP contribution in [0.15, 0.2) is 0 Å². The molecule has 0 saturated carbocycles. The van der Waals surface area contributed by atoms with Crippen LogP contribution in [0.3, 0.4) is 0 Å². The molecule has 60 valence electrons. The SMILES string of the molecule is CC1N(C)C[C@@H](C)[C@]1(C)N. The molecule has 1 unspecified atom stereocenters. The first-order valence-electron chi connectivity index (χ1n) is 3.95. The highest BCUT2D eigenvalue weighted by Gasteiger charge is 2.41. The fraction of sp³-hybridized carbons (Fsp3) is 1.00. The van der Waals surface area contributed by atoms with E-state index < -0.39 is 0 Å². The van der Waals surface area contributed by atoms with E-state index in [1.165, 1.54) is 0 Å². The minimum atomic E-state index is 0.00868. The Hall–Kier alpha value is -0.0800. The first-order chi connectivity index (χ1) is 4.46. The smallest absolute Gasteiger partial charge is 0.0318 e. The van der Waals surface area contributed by atoms with E-state index in [1.807, 2.05) is 0 Å². The lowest BCUT2D eigenvalue weighted by Gasteiger charge is -2.29. The van der Waals surface area contributed by atoms with Gasteiger partial charge in [0.25, 0.3) is 0 Å². The highest BCUT2D eigenvalue weighted by atomic mass is 15.2. The molecule has 1 rings (SSSR count). The second kappa shape index (κ2) is 2.21. The Morgan fingerprint density at radius 2 is 2.00 bits per heavy atom. The minimum Gasteiger partial charge on any atom is -0.324 e. The molecule has 1 aliphatic rings. The fourth-order valence-corrected chi connectivity index (χ4v) is 1.67. The summed E-state index contributed by atoms with van der Waals surface area (Å²) in [6.45, 7) is 7.70. The number of hydrogen-bond donors (Lipinski definition) is 1. The van der Waals surface area contributed by atoms with E-state index in [1.54, 1.807) is 0 Å². The van der Waals surface area contributed by atoms with Gasteiger partial charge in [0.15, 0.2) is 0 Å². The molecule has 0 amide bonds. The van der Waals surface area contributed by atoms with E-state index in [0.717, 1.165) is 6.54 Å². The van der Waals surface area contributed by atoms with Gasteiger partial charge in [-0.25, -0.2) is 0 Å². The Balaban J connectivity index is 2.75. The molecule has 1 fully saturated rings. The van der Waals surface area contributed by atoms with Crippen LogP contribution in [0.4, 0.5) is 0 Å². The van der Waals surface area contributed by atoms with Gasteiger partial charge in [-0.15, -0.1) is 0 Å². The van der Waals surface area contributed by atoms with Crippen molar-refractivity contribution in [1.82, 2.24) is 4.90 Å². The lowest BCUT2D eigenvalue weighted by molar-refractivity contribution is 0.271. The zero-order valence-corrected chi connectivity index (χ0v) is 7.39. The third-order valence-electron chi connectivity index (χ3n) is 3.19. The standard InChI is InChI=1S/C8H18N2/c1-6-5-10(4)7(2)8(6,3)9/h6-7H,5,9H2,1-4H3/t6-,7?,8+/m1/s1. The van der Waals surface area contributed by atoms with Gasteiger partial charge in [-0.3, -0.25) is 0 Å². The molecular formula is C8H18N2. The molecule has 0 aromatic heterocycles. The van der Waals surface area contributed by atoms with Crippen LogP contribution in [0.5, 0.6) is 0 Å². The number of nitrogens with zero attached hydrogens (tertiary/aromatic N) is 1. The van der Waals surface area contributed by atoms with Crippen LogP contribution in [-0.4, -0.2) is 30.1 Å². The van der Waals surface area contributed by atoms with Crippen molar-refractivity contribution >= 4 is 0 Å². The van der Waals surface area contributed by atoms with Crippen molar-refractivity contribution < 1.29 is 0 Å². The summed E-state index contributed by atoms with van der Waals surface area (Å²) in [6.07, 6.45) is 0.